The molecular formula is C26H32Cl2F3N3O3S. The summed E-state index contributed by atoms with van der Waals surface area (Å²) in [6.07, 6.45) is -1.50. The van der Waals surface area contributed by atoms with E-state index in [2.05, 4.69) is 9.62 Å². The second kappa shape index (κ2) is 12.1. The zero-order chi connectivity index (χ0) is 28.3. The standard InChI is InChI=1S/C26H32Cl2F3N3O3S/c1-25(20-8-9-22(27)23(28)16-20,12-15-34-13-10-21(11-14-34)32-38(3,36)37)24(35)33(2)17-18-4-6-19(7-5-18)26(29,30)31/h4-9,16,21,32H,10-15,17H2,1-3H3. The first-order valence-electron chi connectivity index (χ1n) is 12.2. The van der Waals surface area contributed by atoms with Crippen molar-refractivity contribution >= 4 is 39.1 Å². The number of likely N-dealkylation sites (tertiary alicyclic amines) is 1. The van der Waals surface area contributed by atoms with Gasteiger partial charge in [0.2, 0.25) is 15.9 Å². The summed E-state index contributed by atoms with van der Waals surface area (Å²) in [5, 5.41) is 0.685. The lowest BCUT2D eigenvalue weighted by molar-refractivity contribution is -0.138. The van der Waals surface area contributed by atoms with E-state index in [-0.39, 0.29) is 18.5 Å². The summed E-state index contributed by atoms with van der Waals surface area (Å²) in [6, 6.07) is 9.73. The van der Waals surface area contributed by atoms with Crippen LogP contribution >= 0.6 is 23.2 Å². The first-order chi connectivity index (χ1) is 17.6. The van der Waals surface area contributed by atoms with Gasteiger partial charge in [-0.2, -0.15) is 13.2 Å². The average Bonchev–Trinajstić information content (AvgIpc) is 2.83. The Labute approximate surface area is 232 Å². The Morgan fingerprint density at radius 1 is 1.05 bits per heavy atom. The van der Waals surface area contributed by atoms with Crippen LogP contribution < -0.4 is 4.72 Å². The van der Waals surface area contributed by atoms with E-state index in [0.717, 1.165) is 18.4 Å². The molecule has 2 aromatic rings. The first-order valence-corrected chi connectivity index (χ1v) is 14.8. The molecule has 1 heterocycles. The van der Waals surface area contributed by atoms with Crippen LogP contribution in [0.25, 0.3) is 0 Å². The molecule has 0 saturated carbocycles. The van der Waals surface area contributed by atoms with Crippen molar-refractivity contribution in [2.45, 2.75) is 50.4 Å². The van der Waals surface area contributed by atoms with E-state index in [9.17, 15) is 26.4 Å². The largest absolute Gasteiger partial charge is 0.416 e. The average molecular weight is 595 g/mol. The molecule has 2 aromatic carbocycles. The molecule has 1 fully saturated rings. The van der Waals surface area contributed by atoms with E-state index in [4.69, 9.17) is 23.2 Å². The molecule has 0 aromatic heterocycles. The SMILES string of the molecule is CN(Cc1ccc(C(F)(F)F)cc1)C(=O)C(C)(CCN1CCC(NS(C)(=O)=O)CC1)c1ccc(Cl)c(Cl)c1. The van der Waals surface area contributed by atoms with Gasteiger partial charge in [0.25, 0.3) is 0 Å². The zero-order valence-corrected chi connectivity index (χ0v) is 23.8. The number of halogens is 5. The van der Waals surface area contributed by atoms with E-state index in [1.807, 2.05) is 6.92 Å². The Kier molecular flexibility index (Phi) is 9.79. The van der Waals surface area contributed by atoms with Crippen LogP contribution in [0.1, 0.15) is 42.9 Å². The van der Waals surface area contributed by atoms with Gasteiger partial charge in [-0.05, 0) is 81.2 Å². The topological polar surface area (TPSA) is 69.7 Å². The van der Waals surface area contributed by atoms with Gasteiger partial charge in [-0.1, -0.05) is 41.4 Å². The van der Waals surface area contributed by atoms with Gasteiger partial charge in [0, 0.05) is 19.6 Å². The van der Waals surface area contributed by atoms with Crippen molar-refractivity contribution in [2.24, 2.45) is 0 Å². The molecule has 1 saturated heterocycles. The highest BCUT2D eigenvalue weighted by Crippen LogP contribution is 2.35. The van der Waals surface area contributed by atoms with Crippen molar-refractivity contribution in [3.63, 3.8) is 0 Å². The van der Waals surface area contributed by atoms with Gasteiger partial charge in [-0.15, -0.1) is 0 Å². The van der Waals surface area contributed by atoms with Crippen LogP contribution in [-0.4, -0.2) is 63.1 Å². The van der Waals surface area contributed by atoms with Crippen LogP contribution in [0.4, 0.5) is 13.2 Å². The fourth-order valence-electron chi connectivity index (χ4n) is 4.74. The number of likely N-dealkylation sites (N-methyl/N-ethyl adjacent to an activating group) is 1. The molecule has 1 aliphatic rings. The number of benzene rings is 2. The van der Waals surface area contributed by atoms with Crippen LogP contribution in [0.3, 0.4) is 0 Å². The molecule has 210 valence electrons. The van der Waals surface area contributed by atoms with Crippen molar-refractivity contribution in [1.29, 1.82) is 0 Å². The molecule has 1 aliphatic heterocycles. The summed E-state index contributed by atoms with van der Waals surface area (Å²) in [6.45, 7) is 3.91. The Bertz CT molecular complexity index is 1230. The molecule has 0 spiro atoms. The van der Waals surface area contributed by atoms with E-state index in [0.29, 0.717) is 60.1 Å². The van der Waals surface area contributed by atoms with Gasteiger partial charge < -0.3 is 9.80 Å². The third-order valence-corrected chi connectivity index (χ3v) is 8.47. The maximum absolute atomic E-state index is 13.8. The number of carbonyl (C=O) groups is 1. The highest BCUT2D eigenvalue weighted by atomic mass is 35.5. The number of amides is 1. The molecule has 0 bridgehead atoms. The molecule has 6 nitrogen and oxygen atoms in total. The number of alkyl halides is 3. The second-order valence-electron chi connectivity index (χ2n) is 10.1. The number of nitrogens with one attached hydrogen (secondary N) is 1. The Morgan fingerprint density at radius 2 is 1.63 bits per heavy atom. The lowest BCUT2D eigenvalue weighted by atomic mass is 9.77. The maximum atomic E-state index is 13.8. The van der Waals surface area contributed by atoms with Crippen molar-refractivity contribution in [3.05, 3.63) is 69.2 Å². The van der Waals surface area contributed by atoms with Gasteiger partial charge in [-0.3, -0.25) is 4.79 Å². The minimum Gasteiger partial charge on any atom is -0.341 e. The zero-order valence-electron chi connectivity index (χ0n) is 21.5. The third-order valence-electron chi connectivity index (χ3n) is 6.97. The summed E-state index contributed by atoms with van der Waals surface area (Å²) in [5.41, 5.74) is -0.474. The Balaban J connectivity index is 1.76. The summed E-state index contributed by atoms with van der Waals surface area (Å²) < 4.78 is 64.5. The number of carbonyl (C=O) groups excluding carboxylic acids is 1. The number of hydrogen-bond acceptors (Lipinski definition) is 4. The molecule has 1 unspecified atom stereocenters. The minimum absolute atomic E-state index is 0.112. The highest BCUT2D eigenvalue weighted by molar-refractivity contribution is 7.88. The number of piperidine rings is 1. The molecule has 1 atom stereocenters. The van der Waals surface area contributed by atoms with Crippen molar-refractivity contribution < 1.29 is 26.4 Å². The van der Waals surface area contributed by atoms with Gasteiger partial charge in [0.05, 0.1) is 27.3 Å². The minimum atomic E-state index is -4.43. The van der Waals surface area contributed by atoms with Crippen molar-refractivity contribution in [1.82, 2.24) is 14.5 Å². The summed E-state index contributed by atoms with van der Waals surface area (Å²) in [4.78, 5) is 17.5. The smallest absolute Gasteiger partial charge is 0.341 e. The number of hydrogen-bond donors (Lipinski definition) is 1. The Morgan fingerprint density at radius 3 is 2.16 bits per heavy atom. The third kappa shape index (κ3) is 8.08. The van der Waals surface area contributed by atoms with Crippen LogP contribution in [0.5, 0.6) is 0 Å². The molecule has 38 heavy (non-hydrogen) atoms. The molecule has 0 aliphatic carbocycles. The fourth-order valence-corrected chi connectivity index (χ4v) is 5.88. The van der Waals surface area contributed by atoms with E-state index < -0.39 is 27.2 Å². The number of rotatable bonds is 9. The van der Waals surface area contributed by atoms with E-state index in [1.54, 1.807) is 25.2 Å². The predicted molar refractivity (Wildman–Crippen MR) is 144 cm³/mol. The fraction of sp³-hybridized carbons (Fsp3) is 0.500. The van der Waals surface area contributed by atoms with Crippen LogP contribution in [0, 0.1) is 0 Å². The molecule has 1 amide bonds. The monoisotopic (exact) mass is 593 g/mol. The van der Waals surface area contributed by atoms with Gasteiger partial charge >= 0.3 is 6.18 Å². The summed E-state index contributed by atoms with van der Waals surface area (Å²) in [7, 11) is -1.65. The molecule has 1 N–H and O–H groups in total. The quantitative estimate of drug-likeness (QED) is 0.426. The van der Waals surface area contributed by atoms with Crippen molar-refractivity contribution in [2.75, 3.05) is 32.9 Å². The number of sulfonamides is 1. The van der Waals surface area contributed by atoms with Crippen molar-refractivity contribution in [3.8, 4) is 0 Å². The molecule has 0 radical (unpaired) electrons. The Hall–Kier alpha value is -1.85. The van der Waals surface area contributed by atoms with Gasteiger partial charge in [0.15, 0.2) is 0 Å². The normalized spacial score (nSPS) is 17.3. The van der Waals surface area contributed by atoms with Crippen LogP contribution in [0.15, 0.2) is 42.5 Å². The van der Waals surface area contributed by atoms with E-state index in [1.165, 1.54) is 17.0 Å². The van der Waals surface area contributed by atoms with Gasteiger partial charge in [-0.25, -0.2) is 13.1 Å². The van der Waals surface area contributed by atoms with Crippen LogP contribution in [0.2, 0.25) is 10.0 Å². The van der Waals surface area contributed by atoms with Gasteiger partial charge in [0.1, 0.15) is 0 Å². The second-order valence-corrected chi connectivity index (χ2v) is 12.7. The first kappa shape index (κ1) is 30.7. The lowest BCUT2D eigenvalue weighted by Crippen LogP contribution is -2.48. The number of nitrogens with zero attached hydrogens (tertiary/aromatic N) is 2. The lowest BCUT2D eigenvalue weighted by Gasteiger charge is -2.37. The summed E-state index contributed by atoms with van der Waals surface area (Å²) in [5.74, 6) is -0.204. The van der Waals surface area contributed by atoms with E-state index >= 15 is 0 Å². The van der Waals surface area contributed by atoms with Crippen LogP contribution in [-0.2, 0) is 33.0 Å². The molecule has 12 heteroatoms. The molecular weight excluding hydrogens is 562 g/mol. The maximum Gasteiger partial charge on any atom is 0.416 e. The highest BCUT2D eigenvalue weighted by Gasteiger charge is 2.38. The molecule has 3 rings (SSSR count). The predicted octanol–water partition coefficient (Wildman–Crippen LogP) is 5.33. The summed E-state index contributed by atoms with van der Waals surface area (Å²) >= 11 is 12.4.